The number of aliphatic hydroxyl groups excluding tert-OH is 1. The Labute approximate surface area is 151 Å². The van der Waals surface area contributed by atoms with E-state index in [-0.39, 0.29) is 30.7 Å². The van der Waals surface area contributed by atoms with E-state index in [0.29, 0.717) is 6.42 Å². The lowest BCUT2D eigenvalue weighted by atomic mass is 9.90. The number of rotatable bonds is 10. The SMILES string of the molecule is CCCCCC(C=CC1CC[C@@H](O)[C@@H]1CC(=O)O)OC1CCCCO1. The van der Waals surface area contributed by atoms with Gasteiger partial charge < -0.3 is 19.7 Å². The molecule has 3 unspecified atom stereocenters. The van der Waals surface area contributed by atoms with Crippen LogP contribution in [0.25, 0.3) is 0 Å². The molecule has 0 aromatic heterocycles. The van der Waals surface area contributed by atoms with Gasteiger partial charge in [0.15, 0.2) is 6.29 Å². The van der Waals surface area contributed by atoms with Crippen molar-refractivity contribution in [1.82, 2.24) is 0 Å². The fraction of sp³-hybridized carbons (Fsp3) is 0.850. The minimum absolute atomic E-state index is 0.0119. The minimum atomic E-state index is -0.837. The lowest BCUT2D eigenvalue weighted by Crippen LogP contribution is -2.27. The molecule has 1 aliphatic heterocycles. The predicted octanol–water partition coefficient (Wildman–Crippen LogP) is 3.90. The maximum Gasteiger partial charge on any atom is 0.303 e. The Kier molecular flexibility index (Phi) is 8.93. The van der Waals surface area contributed by atoms with Crippen LogP contribution in [0.2, 0.25) is 0 Å². The average Bonchev–Trinajstić information content (AvgIpc) is 2.93. The molecular weight excluding hydrogens is 320 g/mol. The summed E-state index contributed by atoms with van der Waals surface area (Å²) in [6.07, 6.45) is 12.7. The van der Waals surface area contributed by atoms with Crippen molar-refractivity contribution < 1.29 is 24.5 Å². The second-order valence-corrected chi connectivity index (χ2v) is 7.42. The molecule has 0 aromatic carbocycles. The van der Waals surface area contributed by atoms with Crippen molar-refractivity contribution in [3.05, 3.63) is 12.2 Å². The third-order valence-electron chi connectivity index (χ3n) is 5.38. The van der Waals surface area contributed by atoms with Gasteiger partial charge in [0.2, 0.25) is 0 Å². The van der Waals surface area contributed by atoms with Crippen molar-refractivity contribution in [2.75, 3.05) is 6.61 Å². The van der Waals surface area contributed by atoms with Crippen LogP contribution in [0.3, 0.4) is 0 Å². The van der Waals surface area contributed by atoms with Gasteiger partial charge in [-0.1, -0.05) is 38.3 Å². The standard InChI is InChI=1S/C20H34O5/c1-2-3-4-7-16(25-20-8-5-6-13-24-20)11-9-15-10-12-18(21)17(15)14-19(22)23/h9,11,15-18,20-21H,2-8,10,12-14H2,1H3,(H,22,23)/t15?,16?,17-,18-,20?/m1/s1. The molecule has 1 heterocycles. The summed E-state index contributed by atoms with van der Waals surface area (Å²) in [7, 11) is 0. The van der Waals surface area contributed by atoms with Crippen LogP contribution < -0.4 is 0 Å². The Bertz CT molecular complexity index is 416. The second kappa shape index (κ2) is 10.9. The van der Waals surface area contributed by atoms with E-state index in [4.69, 9.17) is 14.6 Å². The Morgan fingerprint density at radius 1 is 1.28 bits per heavy atom. The molecule has 2 aliphatic rings. The summed E-state index contributed by atoms with van der Waals surface area (Å²) < 4.78 is 11.9. The summed E-state index contributed by atoms with van der Waals surface area (Å²) in [6.45, 7) is 2.96. The Morgan fingerprint density at radius 2 is 2.12 bits per heavy atom. The Morgan fingerprint density at radius 3 is 2.80 bits per heavy atom. The number of carboxylic acids is 1. The number of carbonyl (C=O) groups is 1. The van der Waals surface area contributed by atoms with E-state index in [9.17, 15) is 9.90 Å². The average molecular weight is 354 g/mol. The van der Waals surface area contributed by atoms with Crippen molar-refractivity contribution >= 4 is 5.97 Å². The van der Waals surface area contributed by atoms with Gasteiger partial charge in [0.1, 0.15) is 0 Å². The van der Waals surface area contributed by atoms with Gasteiger partial charge in [-0.15, -0.1) is 0 Å². The lowest BCUT2D eigenvalue weighted by Gasteiger charge is -2.27. The normalized spacial score (nSPS) is 31.4. The molecule has 144 valence electrons. The molecule has 0 amide bonds. The summed E-state index contributed by atoms with van der Waals surface area (Å²) in [6, 6.07) is 0. The molecule has 2 N–H and O–H groups in total. The highest BCUT2D eigenvalue weighted by molar-refractivity contribution is 5.67. The van der Waals surface area contributed by atoms with Gasteiger partial charge in [-0.3, -0.25) is 4.79 Å². The zero-order chi connectivity index (χ0) is 18.1. The van der Waals surface area contributed by atoms with Crippen LogP contribution >= 0.6 is 0 Å². The maximum atomic E-state index is 11.0. The fourth-order valence-corrected chi connectivity index (χ4v) is 3.89. The fourth-order valence-electron chi connectivity index (χ4n) is 3.89. The quantitative estimate of drug-likeness (QED) is 0.460. The first-order valence-electron chi connectivity index (χ1n) is 9.95. The molecule has 2 rings (SSSR count). The van der Waals surface area contributed by atoms with Crippen molar-refractivity contribution in [2.24, 2.45) is 11.8 Å². The van der Waals surface area contributed by atoms with Crippen molar-refractivity contribution in [3.63, 3.8) is 0 Å². The number of aliphatic carboxylic acids is 1. The molecular formula is C20H34O5. The Balaban J connectivity index is 1.92. The van der Waals surface area contributed by atoms with E-state index < -0.39 is 12.1 Å². The number of ether oxygens (including phenoxy) is 2. The van der Waals surface area contributed by atoms with E-state index in [1.165, 1.54) is 12.8 Å². The van der Waals surface area contributed by atoms with E-state index in [2.05, 4.69) is 19.1 Å². The van der Waals surface area contributed by atoms with Gasteiger partial charge in [-0.2, -0.15) is 0 Å². The smallest absolute Gasteiger partial charge is 0.303 e. The Hall–Kier alpha value is -0.910. The van der Waals surface area contributed by atoms with Gasteiger partial charge in [0.05, 0.1) is 18.6 Å². The molecule has 5 heteroatoms. The van der Waals surface area contributed by atoms with E-state index in [0.717, 1.165) is 45.1 Å². The summed E-state index contributed by atoms with van der Waals surface area (Å²) in [5.74, 6) is -0.901. The third-order valence-corrected chi connectivity index (χ3v) is 5.38. The van der Waals surface area contributed by atoms with Crippen LogP contribution in [0.5, 0.6) is 0 Å². The van der Waals surface area contributed by atoms with Crippen molar-refractivity contribution in [3.8, 4) is 0 Å². The van der Waals surface area contributed by atoms with Crippen LogP contribution in [0.1, 0.15) is 71.1 Å². The van der Waals surface area contributed by atoms with Gasteiger partial charge in [0.25, 0.3) is 0 Å². The van der Waals surface area contributed by atoms with Crippen LogP contribution in [0.4, 0.5) is 0 Å². The molecule has 5 nitrogen and oxygen atoms in total. The predicted molar refractivity (Wildman–Crippen MR) is 96.2 cm³/mol. The van der Waals surface area contributed by atoms with Crippen LogP contribution in [-0.4, -0.2) is 41.3 Å². The monoisotopic (exact) mass is 354 g/mol. The molecule has 25 heavy (non-hydrogen) atoms. The lowest BCUT2D eigenvalue weighted by molar-refractivity contribution is -0.179. The van der Waals surface area contributed by atoms with Crippen LogP contribution in [0, 0.1) is 11.8 Å². The number of carboxylic acid groups (broad SMARTS) is 1. The first kappa shape index (κ1) is 20.4. The summed E-state index contributed by atoms with van der Waals surface area (Å²) >= 11 is 0. The zero-order valence-electron chi connectivity index (χ0n) is 15.4. The minimum Gasteiger partial charge on any atom is -0.481 e. The van der Waals surface area contributed by atoms with Crippen LogP contribution in [0.15, 0.2) is 12.2 Å². The number of hydrogen-bond acceptors (Lipinski definition) is 4. The van der Waals surface area contributed by atoms with Crippen LogP contribution in [-0.2, 0) is 14.3 Å². The van der Waals surface area contributed by atoms with Crippen molar-refractivity contribution in [1.29, 1.82) is 0 Å². The summed E-state index contributed by atoms with van der Waals surface area (Å²) in [4.78, 5) is 11.0. The molecule has 0 bridgehead atoms. The second-order valence-electron chi connectivity index (χ2n) is 7.42. The topological polar surface area (TPSA) is 76.0 Å². The van der Waals surface area contributed by atoms with Gasteiger partial charge in [0, 0.05) is 12.5 Å². The van der Waals surface area contributed by atoms with Gasteiger partial charge >= 0.3 is 5.97 Å². The van der Waals surface area contributed by atoms with E-state index >= 15 is 0 Å². The maximum absolute atomic E-state index is 11.0. The first-order valence-corrected chi connectivity index (χ1v) is 9.95. The zero-order valence-corrected chi connectivity index (χ0v) is 15.4. The number of unbranched alkanes of at least 4 members (excludes halogenated alkanes) is 2. The van der Waals surface area contributed by atoms with Gasteiger partial charge in [-0.25, -0.2) is 0 Å². The number of aliphatic hydroxyl groups is 1. The van der Waals surface area contributed by atoms with Gasteiger partial charge in [-0.05, 0) is 44.4 Å². The highest BCUT2D eigenvalue weighted by atomic mass is 16.7. The van der Waals surface area contributed by atoms with Crippen molar-refractivity contribution in [2.45, 2.75) is 89.6 Å². The molecule has 2 fully saturated rings. The van der Waals surface area contributed by atoms with E-state index in [1.54, 1.807) is 0 Å². The highest BCUT2D eigenvalue weighted by Crippen LogP contribution is 2.35. The highest BCUT2D eigenvalue weighted by Gasteiger charge is 2.35. The summed E-state index contributed by atoms with van der Waals surface area (Å²) in [5, 5.41) is 19.1. The first-order chi connectivity index (χ1) is 12.1. The largest absolute Gasteiger partial charge is 0.481 e. The molecule has 5 atom stereocenters. The molecule has 0 spiro atoms. The molecule has 0 aromatic rings. The van der Waals surface area contributed by atoms with E-state index in [1.807, 2.05) is 0 Å². The third kappa shape index (κ3) is 7.08. The molecule has 1 saturated heterocycles. The summed E-state index contributed by atoms with van der Waals surface area (Å²) in [5.41, 5.74) is 0. The molecule has 1 aliphatic carbocycles. The molecule has 1 saturated carbocycles. The number of allylic oxidation sites excluding steroid dienone is 1. The number of hydrogen-bond donors (Lipinski definition) is 2. The molecule has 0 radical (unpaired) electrons.